The van der Waals surface area contributed by atoms with Crippen LogP contribution in [-0.4, -0.2) is 34.2 Å². The molecule has 0 aliphatic rings. The standard InChI is InChI=1S/C24H15BrClN5O4S/c25-16-10-11-19(35-23(34)17-8-4-5-9-18(17)26)15(12-16)13-27-29-21(33)20(32)28-24-31-30-22(36-24)14-6-2-1-3-7-14/h1-13H,(H,29,33)(H,28,31,32)/b27-13+. The maximum Gasteiger partial charge on any atom is 0.345 e. The van der Waals surface area contributed by atoms with Gasteiger partial charge in [-0.1, -0.05) is 81.3 Å². The van der Waals surface area contributed by atoms with E-state index in [2.05, 4.69) is 42.0 Å². The van der Waals surface area contributed by atoms with Crippen molar-refractivity contribution in [2.75, 3.05) is 5.32 Å². The number of amides is 2. The second-order valence-electron chi connectivity index (χ2n) is 6.98. The average Bonchev–Trinajstić information content (AvgIpc) is 3.34. The number of halogens is 2. The maximum absolute atomic E-state index is 12.5. The molecule has 0 bridgehead atoms. The molecule has 0 spiro atoms. The minimum Gasteiger partial charge on any atom is -0.422 e. The molecule has 4 rings (SSSR count). The van der Waals surface area contributed by atoms with Crippen molar-refractivity contribution in [3.8, 4) is 16.3 Å². The number of hydrazone groups is 1. The molecule has 3 aromatic carbocycles. The van der Waals surface area contributed by atoms with Crippen molar-refractivity contribution < 1.29 is 19.1 Å². The fraction of sp³-hybridized carbons (Fsp3) is 0. The minimum absolute atomic E-state index is 0.166. The summed E-state index contributed by atoms with van der Waals surface area (Å²) in [6.07, 6.45) is 1.24. The van der Waals surface area contributed by atoms with Crippen molar-refractivity contribution in [2.45, 2.75) is 0 Å². The molecule has 0 aliphatic carbocycles. The Morgan fingerprint density at radius 1 is 0.972 bits per heavy atom. The Labute approximate surface area is 222 Å². The average molecular weight is 585 g/mol. The van der Waals surface area contributed by atoms with E-state index in [9.17, 15) is 14.4 Å². The number of carbonyl (C=O) groups excluding carboxylic acids is 3. The lowest BCUT2D eigenvalue weighted by atomic mass is 10.2. The van der Waals surface area contributed by atoms with Crippen molar-refractivity contribution in [3.05, 3.63) is 93.4 Å². The lowest BCUT2D eigenvalue weighted by Crippen LogP contribution is -2.32. The molecular weight excluding hydrogens is 570 g/mol. The van der Waals surface area contributed by atoms with Crippen LogP contribution in [0.5, 0.6) is 5.75 Å². The Hall–Kier alpha value is -3.93. The lowest BCUT2D eigenvalue weighted by molar-refractivity contribution is -0.136. The summed E-state index contributed by atoms with van der Waals surface area (Å²) < 4.78 is 6.13. The number of nitrogens with one attached hydrogen (secondary N) is 2. The first-order chi connectivity index (χ1) is 17.4. The number of anilines is 1. The van der Waals surface area contributed by atoms with Gasteiger partial charge in [0.15, 0.2) is 0 Å². The summed E-state index contributed by atoms with van der Waals surface area (Å²) in [6, 6.07) is 20.6. The highest BCUT2D eigenvalue weighted by Crippen LogP contribution is 2.26. The summed E-state index contributed by atoms with van der Waals surface area (Å²) in [6.45, 7) is 0. The second-order valence-corrected chi connectivity index (χ2v) is 9.28. The number of esters is 1. The summed E-state index contributed by atoms with van der Waals surface area (Å²) in [5.74, 6) is -2.48. The Morgan fingerprint density at radius 3 is 2.50 bits per heavy atom. The van der Waals surface area contributed by atoms with Gasteiger partial charge in [-0.05, 0) is 30.3 Å². The van der Waals surface area contributed by atoms with E-state index in [-0.39, 0.29) is 21.5 Å². The van der Waals surface area contributed by atoms with E-state index in [1.807, 2.05) is 30.3 Å². The van der Waals surface area contributed by atoms with Crippen LogP contribution in [0.25, 0.3) is 10.6 Å². The predicted octanol–water partition coefficient (Wildman–Crippen LogP) is 4.93. The topological polar surface area (TPSA) is 123 Å². The second kappa shape index (κ2) is 11.7. The van der Waals surface area contributed by atoms with Gasteiger partial charge in [0.25, 0.3) is 0 Å². The van der Waals surface area contributed by atoms with Crippen LogP contribution < -0.4 is 15.5 Å². The van der Waals surface area contributed by atoms with Crippen molar-refractivity contribution in [2.24, 2.45) is 5.10 Å². The summed E-state index contributed by atoms with van der Waals surface area (Å²) in [5.41, 5.74) is 3.53. The number of hydrogen-bond acceptors (Lipinski definition) is 8. The van der Waals surface area contributed by atoms with Gasteiger partial charge in [-0.15, -0.1) is 10.2 Å². The Morgan fingerprint density at radius 2 is 1.72 bits per heavy atom. The third-order valence-electron chi connectivity index (χ3n) is 4.51. The molecule has 0 atom stereocenters. The van der Waals surface area contributed by atoms with E-state index in [1.165, 1.54) is 12.3 Å². The van der Waals surface area contributed by atoms with Gasteiger partial charge in [0.2, 0.25) is 5.13 Å². The normalized spacial score (nSPS) is 10.7. The Balaban J connectivity index is 1.39. The highest BCUT2D eigenvalue weighted by atomic mass is 79.9. The zero-order valence-electron chi connectivity index (χ0n) is 18.1. The number of hydrogen-bond donors (Lipinski definition) is 2. The molecule has 0 saturated carbocycles. The van der Waals surface area contributed by atoms with Gasteiger partial charge in [0, 0.05) is 15.6 Å². The van der Waals surface area contributed by atoms with Gasteiger partial charge in [0.1, 0.15) is 10.8 Å². The number of carbonyl (C=O) groups is 3. The van der Waals surface area contributed by atoms with Gasteiger partial charge in [-0.25, -0.2) is 10.2 Å². The molecule has 0 aliphatic heterocycles. The van der Waals surface area contributed by atoms with E-state index >= 15 is 0 Å². The molecule has 2 amide bonds. The van der Waals surface area contributed by atoms with Crippen LogP contribution in [0, 0.1) is 0 Å². The fourth-order valence-corrected chi connectivity index (χ4v) is 4.17. The molecule has 9 nitrogen and oxygen atoms in total. The molecular formula is C24H15BrClN5O4S. The van der Waals surface area contributed by atoms with Crippen LogP contribution in [0.1, 0.15) is 15.9 Å². The van der Waals surface area contributed by atoms with Crippen LogP contribution in [0.4, 0.5) is 5.13 Å². The summed E-state index contributed by atoms with van der Waals surface area (Å²) in [5, 5.41) is 15.1. The molecule has 0 saturated heterocycles. The van der Waals surface area contributed by atoms with Gasteiger partial charge >= 0.3 is 17.8 Å². The molecule has 1 heterocycles. The number of aromatic nitrogens is 2. The van der Waals surface area contributed by atoms with E-state index in [0.29, 0.717) is 15.0 Å². The third-order valence-corrected chi connectivity index (χ3v) is 6.22. The minimum atomic E-state index is -1.02. The zero-order valence-corrected chi connectivity index (χ0v) is 21.3. The Kier molecular flexibility index (Phi) is 8.16. The van der Waals surface area contributed by atoms with Gasteiger partial charge in [-0.3, -0.25) is 14.9 Å². The molecule has 0 radical (unpaired) electrons. The SMILES string of the molecule is O=C(N/N=C/c1cc(Br)ccc1OC(=O)c1ccccc1Cl)C(=O)Nc1nnc(-c2ccccc2)s1. The molecule has 0 unspecified atom stereocenters. The first kappa shape index (κ1) is 25.2. The highest BCUT2D eigenvalue weighted by Gasteiger charge is 2.17. The molecule has 180 valence electrons. The number of benzene rings is 3. The fourth-order valence-electron chi connectivity index (χ4n) is 2.83. The predicted molar refractivity (Wildman–Crippen MR) is 140 cm³/mol. The van der Waals surface area contributed by atoms with Crippen LogP contribution in [-0.2, 0) is 9.59 Å². The molecule has 36 heavy (non-hydrogen) atoms. The quantitative estimate of drug-likeness (QED) is 0.109. The number of nitrogens with zero attached hydrogens (tertiary/aromatic N) is 3. The summed E-state index contributed by atoms with van der Waals surface area (Å²) in [7, 11) is 0. The van der Waals surface area contributed by atoms with Crippen LogP contribution in [0.2, 0.25) is 5.02 Å². The molecule has 12 heteroatoms. The molecule has 1 aromatic heterocycles. The first-order valence-corrected chi connectivity index (χ1v) is 12.2. The zero-order chi connectivity index (χ0) is 25.5. The number of rotatable bonds is 6. The van der Waals surface area contributed by atoms with Crippen molar-refractivity contribution >= 4 is 68.0 Å². The summed E-state index contributed by atoms with van der Waals surface area (Å²) in [4.78, 5) is 36.9. The van der Waals surface area contributed by atoms with Crippen LogP contribution in [0.3, 0.4) is 0 Å². The third kappa shape index (κ3) is 6.39. The van der Waals surface area contributed by atoms with E-state index in [0.717, 1.165) is 16.9 Å². The van der Waals surface area contributed by atoms with E-state index in [4.69, 9.17) is 16.3 Å². The van der Waals surface area contributed by atoms with Crippen LogP contribution in [0.15, 0.2) is 82.4 Å². The van der Waals surface area contributed by atoms with Gasteiger partial charge < -0.3 is 4.74 Å². The molecule has 0 fully saturated rings. The van der Waals surface area contributed by atoms with Crippen LogP contribution >= 0.6 is 38.9 Å². The van der Waals surface area contributed by atoms with Crippen molar-refractivity contribution in [1.82, 2.24) is 15.6 Å². The maximum atomic E-state index is 12.5. The highest BCUT2D eigenvalue weighted by molar-refractivity contribution is 9.10. The van der Waals surface area contributed by atoms with E-state index in [1.54, 1.807) is 36.4 Å². The lowest BCUT2D eigenvalue weighted by Gasteiger charge is -2.09. The van der Waals surface area contributed by atoms with Gasteiger partial charge in [0.05, 0.1) is 16.8 Å². The Bertz CT molecular complexity index is 1460. The number of ether oxygens (including phenoxy) is 1. The smallest absolute Gasteiger partial charge is 0.345 e. The first-order valence-electron chi connectivity index (χ1n) is 10.2. The van der Waals surface area contributed by atoms with E-state index < -0.39 is 17.8 Å². The van der Waals surface area contributed by atoms with Crippen molar-refractivity contribution in [3.63, 3.8) is 0 Å². The summed E-state index contributed by atoms with van der Waals surface area (Å²) >= 11 is 10.5. The van der Waals surface area contributed by atoms with Crippen molar-refractivity contribution in [1.29, 1.82) is 0 Å². The molecule has 2 N–H and O–H groups in total. The van der Waals surface area contributed by atoms with Gasteiger partial charge in [-0.2, -0.15) is 5.10 Å². The monoisotopic (exact) mass is 583 g/mol. The largest absolute Gasteiger partial charge is 0.422 e. The molecule has 4 aromatic rings.